The van der Waals surface area contributed by atoms with Crippen LogP contribution in [-0.2, 0) is 6.42 Å². The maximum atomic E-state index is 10.5. The van der Waals surface area contributed by atoms with Crippen LogP contribution in [0.4, 0.5) is 0 Å². The van der Waals surface area contributed by atoms with E-state index in [1.54, 1.807) is 13.2 Å². The number of hydrogen-bond donors (Lipinski definition) is 1. The fraction of sp³-hybridized carbons (Fsp3) is 0.294. The molecule has 1 atom stereocenters. The van der Waals surface area contributed by atoms with Crippen LogP contribution in [0.25, 0.3) is 0 Å². The van der Waals surface area contributed by atoms with Gasteiger partial charge in [-0.2, -0.15) is 0 Å². The summed E-state index contributed by atoms with van der Waals surface area (Å²) in [5, 5.41) is 11.0. The molecule has 2 rings (SSSR count). The standard InChI is InChI=1S/C17H19ClO2/c1-11-7-8-13(9-12(11)2)10-15(19)17-14(18)5-4-6-16(17)20-3/h4-9,15,19H,10H2,1-3H3. The summed E-state index contributed by atoms with van der Waals surface area (Å²) in [4.78, 5) is 0. The molecule has 0 radical (unpaired) electrons. The minimum Gasteiger partial charge on any atom is -0.496 e. The number of hydrogen-bond acceptors (Lipinski definition) is 2. The molecule has 0 aromatic heterocycles. The van der Waals surface area contributed by atoms with Crippen molar-refractivity contribution in [1.29, 1.82) is 0 Å². The van der Waals surface area contributed by atoms with E-state index in [0.717, 1.165) is 5.56 Å². The van der Waals surface area contributed by atoms with E-state index in [4.69, 9.17) is 16.3 Å². The van der Waals surface area contributed by atoms with Crippen molar-refractivity contribution in [2.45, 2.75) is 26.4 Å². The maximum absolute atomic E-state index is 10.5. The number of methoxy groups -OCH3 is 1. The molecular weight excluding hydrogens is 272 g/mol. The molecule has 0 aliphatic carbocycles. The highest BCUT2D eigenvalue weighted by atomic mass is 35.5. The third-order valence-electron chi connectivity index (χ3n) is 3.57. The molecule has 0 heterocycles. The topological polar surface area (TPSA) is 29.5 Å². The average molecular weight is 291 g/mol. The Balaban J connectivity index is 2.28. The zero-order chi connectivity index (χ0) is 14.7. The molecule has 20 heavy (non-hydrogen) atoms. The predicted molar refractivity (Wildman–Crippen MR) is 82.6 cm³/mol. The van der Waals surface area contributed by atoms with Gasteiger partial charge < -0.3 is 9.84 Å². The molecule has 0 saturated heterocycles. The fourth-order valence-electron chi connectivity index (χ4n) is 2.27. The second-order valence-corrected chi connectivity index (χ2v) is 5.40. The van der Waals surface area contributed by atoms with Crippen molar-refractivity contribution in [3.63, 3.8) is 0 Å². The van der Waals surface area contributed by atoms with Crippen LogP contribution in [0.3, 0.4) is 0 Å². The van der Waals surface area contributed by atoms with Crippen molar-refractivity contribution in [3.05, 3.63) is 63.7 Å². The van der Waals surface area contributed by atoms with Crippen molar-refractivity contribution < 1.29 is 9.84 Å². The minimum atomic E-state index is -0.680. The first kappa shape index (κ1) is 14.9. The molecule has 2 aromatic carbocycles. The van der Waals surface area contributed by atoms with Crippen LogP contribution in [0.5, 0.6) is 5.75 Å². The van der Waals surface area contributed by atoms with Gasteiger partial charge in [-0.1, -0.05) is 35.9 Å². The molecule has 2 nitrogen and oxygen atoms in total. The van der Waals surface area contributed by atoms with E-state index in [0.29, 0.717) is 22.8 Å². The van der Waals surface area contributed by atoms with Crippen LogP contribution in [-0.4, -0.2) is 12.2 Å². The van der Waals surface area contributed by atoms with Crippen LogP contribution >= 0.6 is 11.6 Å². The monoisotopic (exact) mass is 290 g/mol. The van der Waals surface area contributed by atoms with E-state index in [9.17, 15) is 5.11 Å². The van der Waals surface area contributed by atoms with Crippen LogP contribution in [0.1, 0.15) is 28.4 Å². The van der Waals surface area contributed by atoms with Crippen LogP contribution < -0.4 is 4.74 Å². The third-order valence-corrected chi connectivity index (χ3v) is 3.90. The van der Waals surface area contributed by atoms with Crippen molar-refractivity contribution >= 4 is 11.6 Å². The van der Waals surface area contributed by atoms with Gasteiger partial charge in [0.2, 0.25) is 0 Å². The zero-order valence-electron chi connectivity index (χ0n) is 12.0. The number of aliphatic hydroxyl groups is 1. The smallest absolute Gasteiger partial charge is 0.126 e. The Bertz CT molecular complexity index is 608. The lowest BCUT2D eigenvalue weighted by Crippen LogP contribution is -2.05. The lowest BCUT2D eigenvalue weighted by Gasteiger charge is -2.17. The van der Waals surface area contributed by atoms with Gasteiger partial charge in [0.25, 0.3) is 0 Å². The first-order valence-electron chi connectivity index (χ1n) is 6.59. The maximum Gasteiger partial charge on any atom is 0.126 e. The molecule has 2 aromatic rings. The third kappa shape index (κ3) is 3.14. The van der Waals surface area contributed by atoms with E-state index in [1.165, 1.54) is 11.1 Å². The van der Waals surface area contributed by atoms with Crippen LogP contribution in [0.2, 0.25) is 5.02 Å². The molecule has 0 amide bonds. The predicted octanol–water partition coefficient (Wildman–Crippen LogP) is 4.24. The summed E-state index contributed by atoms with van der Waals surface area (Å²) in [6.07, 6.45) is -0.165. The summed E-state index contributed by atoms with van der Waals surface area (Å²) in [6.45, 7) is 4.15. The van der Waals surface area contributed by atoms with Gasteiger partial charge in [0.1, 0.15) is 5.75 Å². The number of aliphatic hydroxyl groups excluding tert-OH is 1. The summed E-state index contributed by atoms with van der Waals surface area (Å²) in [7, 11) is 1.58. The van der Waals surface area contributed by atoms with E-state index >= 15 is 0 Å². The number of rotatable bonds is 4. The van der Waals surface area contributed by atoms with E-state index < -0.39 is 6.10 Å². The number of ether oxygens (including phenoxy) is 1. The van der Waals surface area contributed by atoms with Gasteiger partial charge in [-0.25, -0.2) is 0 Å². The van der Waals surface area contributed by atoms with Crippen molar-refractivity contribution in [2.24, 2.45) is 0 Å². The highest BCUT2D eigenvalue weighted by Gasteiger charge is 2.17. The second-order valence-electron chi connectivity index (χ2n) is 4.99. The normalized spacial score (nSPS) is 12.2. The first-order valence-corrected chi connectivity index (χ1v) is 6.97. The number of halogens is 1. The van der Waals surface area contributed by atoms with Gasteiger partial charge in [-0.05, 0) is 42.7 Å². The molecule has 0 aliphatic rings. The van der Waals surface area contributed by atoms with E-state index in [2.05, 4.69) is 26.0 Å². The van der Waals surface area contributed by atoms with E-state index in [1.807, 2.05) is 18.2 Å². The Kier molecular flexibility index (Phi) is 4.69. The molecule has 0 saturated carbocycles. The SMILES string of the molecule is COc1cccc(Cl)c1C(O)Cc1ccc(C)c(C)c1. The number of benzene rings is 2. The highest BCUT2D eigenvalue weighted by Crippen LogP contribution is 2.33. The molecule has 0 bridgehead atoms. The first-order chi connectivity index (χ1) is 9.52. The second kappa shape index (κ2) is 6.29. The quantitative estimate of drug-likeness (QED) is 0.912. The molecule has 0 fully saturated rings. The zero-order valence-corrected chi connectivity index (χ0v) is 12.7. The van der Waals surface area contributed by atoms with Crippen LogP contribution in [0, 0.1) is 13.8 Å². The summed E-state index contributed by atoms with van der Waals surface area (Å²) in [6, 6.07) is 11.6. The Morgan fingerprint density at radius 1 is 1.15 bits per heavy atom. The highest BCUT2D eigenvalue weighted by molar-refractivity contribution is 6.31. The molecule has 0 aliphatic heterocycles. The van der Waals surface area contributed by atoms with Gasteiger partial charge in [0.15, 0.2) is 0 Å². The van der Waals surface area contributed by atoms with Gasteiger partial charge in [0.05, 0.1) is 18.2 Å². The van der Waals surface area contributed by atoms with Crippen molar-refractivity contribution in [3.8, 4) is 5.75 Å². The molecule has 1 N–H and O–H groups in total. The lowest BCUT2D eigenvalue weighted by molar-refractivity contribution is 0.174. The summed E-state index contributed by atoms with van der Waals surface area (Å²) in [5.74, 6) is 0.619. The van der Waals surface area contributed by atoms with Crippen LogP contribution in [0.15, 0.2) is 36.4 Å². The summed E-state index contributed by atoms with van der Waals surface area (Å²) < 4.78 is 5.28. The Morgan fingerprint density at radius 2 is 1.90 bits per heavy atom. The van der Waals surface area contributed by atoms with Crippen molar-refractivity contribution in [2.75, 3.05) is 7.11 Å². The minimum absolute atomic E-state index is 0.515. The molecule has 106 valence electrons. The van der Waals surface area contributed by atoms with Crippen molar-refractivity contribution in [1.82, 2.24) is 0 Å². The number of aryl methyl sites for hydroxylation is 2. The Morgan fingerprint density at radius 3 is 2.55 bits per heavy atom. The van der Waals surface area contributed by atoms with Gasteiger partial charge in [-0.15, -0.1) is 0 Å². The largest absolute Gasteiger partial charge is 0.496 e. The molecule has 1 unspecified atom stereocenters. The molecule has 3 heteroatoms. The van der Waals surface area contributed by atoms with Gasteiger partial charge >= 0.3 is 0 Å². The molecular formula is C17H19ClO2. The molecule has 0 spiro atoms. The Labute approximate surface area is 125 Å². The van der Waals surface area contributed by atoms with Gasteiger partial charge in [0, 0.05) is 12.0 Å². The lowest BCUT2D eigenvalue weighted by atomic mass is 9.98. The Hall–Kier alpha value is -1.51. The summed E-state index contributed by atoms with van der Waals surface area (Å²) >= 11 is 6.19. The van der Waals surface area contributed by atoms with Gasteiger partial charge in [-0.3, -0.25) is 0 Å². The summed E-state index contributed by atoms with van der Waals surface area (Å²) in [5.41, 5.74) is 4.21. The average Bonchev–Trinajstić information content (AvgIpc) is 2.42. The van der Waals surface area contributed by atoms with E-state index in [-0.39, 0.29) is 0 Å². The fourth-order valence-corrected chi connectivity index (χ4v) is 2.57.